The van der Waals surface area contributed by atoms with Gasteiger partial charge in [0.1, 0.15) is 17.9 Å². The Labute approximate surface area is 139 Å². The van der Waals surface area contributed by atoms with Gasteiger partial charge in [-0.3, -0.25) is 0 Å². The second kappa shape index (κ2) is 6.20. The first-order valence-corrected chi connectivity index (χ1v) is 8.40. The Hall–Kier alpha value is -1.89. The number of fused-ring (bicyclic) bond motifs is 1. The van der Waals surface area contributed by atoms with Crippen molar-refractivity contribution < 1.29 is 23.5 Å². The third-order valence-corrected chi connectivity index (χ3v) is 5.01. The van der Waals surface area contributed by atoms with Crippen LogP contribution in [0.15, 0.2) is 33.5 Å². The van der Waals surface area contributed by atoms with Gasteiger partial charge in [0.05, 0.1) is 46.3 Å². The maximum absolute atomic E-state index is 11.9. The van der Waals surface area contributed by atoms with Crippen molar-refractivity contribution in [2.45, 2.75) is 25.2 Å². The molecule has 0 radical (unpaired) electrons. The summed E-state index contributed by atoms with van der Waals surface area (Å²) in [5.41, 5.74) is 1.27. The fourth-order valence-corrected chi connectivity index (χ4v) is 3.70. The second-order valence-corrected chi connectivity index (χ2v) is 6.49. The predicted octanol–water partition coefficient (Wildman–Crippen LogP) is 0.723. The minimum Gasteiger partial charge on any atom is -0.497 e. The van der Waals surface area contributed by atoms with E-state index in [4.69, 9.17) is 18.6 Å². The molecular formula is C18H22NO5+. The molecule has 128 valence electrons. The van der Waals surface area contributed by atoms with Crippen LogP contribution in [-0.4, -0.2) is 39.2 Å². The van der Waals surface area contributed by atoms with Gasteiger partial charge in [-0.1, -0.05) is 0 Å². The lowest BCUT2D eigenvalue weighted by molar-refractivity contribution is -0.922. The number of benzene rings is 1. The third kappa shape index (κ3) is 2.92. The maximum Gasteiger partial charge on any atom is 0.336 e. The highest BCUT2D eigenvalue weighted by Crippen LogP contribution is 2.28. The Bertz CT molecular complexity index is 784. The summed E-state index contributed by atoms with van der Waals surface area (Å²) in [7, 11) is 1.60. The number of methoxy groups -OCH3 is 1. The van der Waals surface area contributed by atoms with Crippen LogP contribution in [0.1, 0.15) is 18.4 Å². The summed E-state index contributed by atoms with van der Waals surface area (Å²) in [6.45, 7) is 4.13. The number of piperidine rings is 1. The number of rotatable bonds is 3. The Balaban J connectivity index is 1.55. The quantitative estimate of drug-likeness (QED) is 0.840. The minimum absolute atomic E-state index is 0.318. The maximum atomic E-state index is 11.9. The summed E-state index contributed by atoms with van der Waals surface area (Å²) in [4.78, 5) is 13.3. The minimum atomic E-state index is -0.353. The zero-order chi connectivity index (χ0) is 16.6. The molecule has 1 spiro atoms. The van der Waals surface area contributed by atoms with Crippen molar-refractivity contribution in [2.24, 2.45) is 0 Å². The van der Waals surface area contributed by atoms with Crippen molar-refractivity contribution in [3.63, 3.8) is 0 Å². The van der Waals surface area contributed by atoms with Crippen LogP contribution in [-0.2, 0) is 16.0 Å². The molecule has 2 fully saturated rings. The lowest BCUT2D eigenvalue weighted by atomic mass is 10.0. The molecule has 1 aromatic heterocycles. The first-order chi connectivity index (χ1) is 11.7. The van der Waals surface area contributed by atoms with Crippen LogP contribution in [0.5, 0.6) is 5.75 Å². The molecule has 2 aliphatic heterocycles. The van der Waals surface area contributed by atoms with Gasteiger partial charge < -0.3 is 23.5 Å². The van der Waals surface area contributed by atoms with Crippen LogP contribution in [0.2, 0.25) is 0 Å². The Kier molecular flexibility index (Phi) is 4.04. The van der Waals surface area contributed by atoms with E-state index in [1.54, 1.807) is 19.2 Å². The van der Waals surface area contributed by atoms with Gasteiger partial charge >= 0.3 is 5.63 Å². The number of nitrogens with one attached hydrogen (secondary N) is 1. The van der Waals surface area contributed by atoms with E-state index in [1.165, 1.54) is 4.90 Å². The highest BCUT2D eigenvalue weighted by Gasteiger charge is 2.41. The van der Waals surface area contributed by atoms with Crippen LogP contribution in [0, 0.1) is 0 Å². The van der Waals surface area contributed by atoms with Crippen LogP contribution >= 0.6 is 0 Å². The molecule has 0 atom stereocenters. The van der Waals surface area contributed by atoms with Gasteiger partial charge in [0, 0.05) is 23.1 Å². The van der Waals surface area contributed by atoms with Crippen molar-refractivity contribution in [2.75, 3.05) is 33.4 Å². The summed E-state index contributed by atoms with van der Waals surface area (Å²) in [5, 5.41) is 0.969. The molecule has 0 aliphatic carbocycles. The first kappa shape index (κ1) is 15.6. The van der Waals surface area contributed by atoms with E-state index in [9.17, 15) is 4.79 Å². The highest BCUT2D eigenvalue weighted by molar-refractivity contribution is 5.81. The van der Waals surface area contributed by atoms with Crippen molar-refractivity contribution in [1.29, 1.82) is 0 Å². The van der Waals surface area contributed by atoms with Crippen molar-refractivity contribution in [3.05, 3.63) is 40.2 Å². The zero-order valence-corrected chi connectivity index (χ0v) is 13.8. The summed E-state index contributed by atoms with van der Waals surface area (Å²) in [6, 6.07) is 7.23. The van der Waals surface area contributed by atoms with E-state index in [-0.39, 0.29) is 11.4 Å². The van der Waals surface area contributed by atoms with Crippen LogP contribution < -0.4 is 15.3 Å². The highest BCUT2D eigenvalue weighted by atomic mass is 16.7. The number of quaternary nitrogens is 1. The molecule has 0 amide bonds. The Morgan fingerprint density at radius 3 is 2.62 bits per heavy atom. The Morgan fingerprint density at radius 1 is 1.17 bits per heavy atom. The average molecular weight is 332 g/mol. The van der Waals surface area contributed by atoms with Crippen molar-refractivity contribution in [3.8, 4) is 5.75 Å². The molecule has 24 heavy (non-hydrogen) atoms. The van der Waals surface area contributed by atoms with Gasteiger partial charge in [-0.05, 0) is 12.1 Å². The molecule has 1 N–H and O–H groups in total. The SMILES string of the molecule is COc1ccc2c(C[NH+]3CCC4(CC3)OCCO4)cc(=O)oc2c1. The lowest BCUT2D eigenvalue weighted by Crippen LogP contribution is -3.12. The monoisotopic (exact) mass is 332 g/mol. The standard InChI is InChI=1S/C18H21NO5/c1-21-14-2-3-15-13(10-17(20)24-16(15)11-14)12-19-6-4-18(5-7-19)22-8-9-23-18/h2-3,10-11H,4-9,12H2,1H3/p+1. The van der Waals surface area contributed by atoms with Gasteiger partial charge in [0.15, 0.2) is 5.79 Å². The summed E-state index contributed by atoms with van der Waals surface area (Å²) in [6.07, 6.45) is 1.80. The lowest BCUT2D eigenvalue weighted by Gasteiger charge is -2.35. The predicted molar refractivity (Wildman–Crippen MR) is 87.3 cm³/mol. The Morgan fingerprint density at radius 2 is 1.92 bits per heavy atom. The molecule has 1 aromatic carbocycles. The fraction of sp³-hybridized carbons (Fsp3) is 0.500. The van der Waals surface area contributed by atoms with E-state index < -0.39 is 0 Å². The first-order valence-electron chi connectivity index (χ1n) is 8.40. The van der Waals surface area contributed by atoms with Crippen molar-refractivity contribution >= 4 is 11.0 Å². The topological polar surface area (TPSA) is 62.3 Å². The average Bonchev–Trinajstić information content (AvgIpc) is 3.04. The number of hydrogen-bond donors (Lipinski definition) is 1. The fourth-order valence-electron chi connectivity index (χ4n) is 3.70. The van der Waals surface area contributed by atoms with E-state index in [1.807, 2.05) is 12.1 Å². The van der Waals surface area contributed by atoms with Gasteiger partial charge in [-0.25, -0.2) is 4.79 Å². The molecule has 0 saturated carbocycles. The summed E-state index contributed by atoms with van der Waals surface area (Å²) < 4.78 is 22.1. The zero-order valence-electron chi connectivity index (χ0n) is 13.8. The summed E-state index contributed by atoms with van der Waals surface area (Å²) >= 11 is 0. The molecule has 0 bridgehead atoms. The molecule has 0 unspecified atom stereocenters. The molecule has 6 heteroatoms. The molecule has 4 rings (SSSR count). The molecule has 2 saturated heterocycles. The number of ether oxygens (including phenoxy) is 3. The van der Waals surface area contributed by atoms with E-state index in [0.29, 0.717) is 24.5 Å². The second-order valence-electron chi connectivity index (χ2n) is 6.49. The molecule has 6 nitrogen and oxygen atoms in total. The van der Waals surface area contributed by atoms with Gasteiger partial charge in [-0.2, -0.15) is 0 Å². The van der Waals surface area contributed by atoms with E-state index in [2.05, 4.69) is 0 Å². The van der Waals surface area contributed by atoms with Gasteiger partial charge in [0.25, 0.3) is 0 Å². The molecule has 3 heterocycles. The van der Waals surface area contributed by atoms with Crippen molar-refractivity contribution in [1.82, 2.24) is 0 Å². The van der Waals surface area contributed by atoms with Crippen LogP contribution in [0.3, 0.4) is 0 Å². The number of hydrogen-bond acceptors (Lipinski definition) is 5. The smallest absolute Gasteiger partial charge is 0.336 e. The third-order valence-electron chi connectivity index (χ3n) is 5.01. The number of likely N-dealkylation sites (tertiary alicyclic amines) is 1. The van der Waals surface area contributed by atoms with Gasteiger partial charge in [0.2, 0.25) is 0 Å². The van der Waals surface area contributed by atoms with Crippen LogP contribution in [0.25, 0.3) is 11.0 Å². The van der Waals surface area contributed by atoms with Crippen LogP contribution in [0.4, 0.5) is 0 Å². The molecular weight excluding hydrogens is 310 g/mol. The largest absolute Gasteiger partial charge is 0.497 e. The molecule has 2 aliphatic rings. The summed E-state index contributed by atoms with van der Waals surface area (Å²) in [5.74, 6) is 0.333. The van der Waals surface area contributed by atoms with E-state index >= 15 is 0 Å². The van der Waals surface area contributed by atoms with E-state index in [0.717, 1.165) is 43.4 Å². The molecule has 2 aromatic rings. The normalized spacial score (nSPS) is 20.7. The van der Waals surface area contributed by atoms with Gasteiger partial charge in [-0.15, -0.1) is 0 Å².